The van der Waals surface area contributed by atoms with E-state index < -0.39 is 20.8 Å². The standard InChI is InChI=1S/C13H9.C11H6BrS.2ClH.H2S.Zr/c1-3-7-12-10(5-1)9-11-6-2-4-8-13(11)12;12-11-6-9-8-4-2-1-3-7(8)5-10(9)13-11;;;;/h1-7H,9H2;1-5,9H;2*1H;1H2;/q2*-1;;;;+2/p-3. The number of hydrogen-bond acceptors (Lipinski definition) is 2. The van der Waals surface area contributed by atoms with E-state index in [1.54, 1.807) is 11.8 Å². The minimum atomic E-state index is -0.826. The molecule has 1 aliphatic heterocycles. The van der Waals surface area contributed by atoms with Gasteiger partial charge in [0.05, 0.1) is 0 Å². The molecule has 0 fully saturated rings. The van der Waals surface area contributed by atoms with Gasteiger partial charge in [0.25, 0.3) is 0 Å². The number of thiol groups is 1. The Kier molecular flexibility index (Phi) is 9.44. The maximum absolute atomic E-state index is 4.93. The Morgan fingerprint density at radius 2 is 1.67 bits per heavy atom. The second-order valence-electron chi connectivity index (χ2n) is 6.60. The molecule has 3 aromatic rings. The number of benzene rings is 3. The number of rotatable bonds is 0. The van der Waals surface area contributed by atoms with Crippen molar-refractivity contribution >= 4 is 64.3 Å². The van der Waals surface area contributed by atoms with Crippen LogP contribution in [0.25, 0.3) is 17.2 Å². The molecule has 3 aliphatic rings. The van der Waals surface area contributed by atoms with Crippen LogP contribution in [0.1, 0.15) is 28.2 Å². The smallest absolute Gasteiger partial charge is 0.0454 e. The molecule has 6 rings (SSSR count). The second-order valence-corrected chi connectivity index (χ2v) is 12.7. The topological polar surface area (TPSA) is 0 Å². The molecule has 0 aromatic heterocycles. The van der Waals surface area contributed by atoms with Crippen molar-refractivity contribution in [3.05, 3.63) is 110 Å². The third-order valence-electron chi connectivity index (χ3n) is 4.96. The summed E-state index contributed by atoms with van der Waals surface area (Å²) in [5.41, 5.74) is 8.22. The van der Waals surface area contributed by atoms with Gasteiger partial charge in [-0.05, 0) is 23.0 Å². The summed E-state index contributed by atoms with van der Waals surface area (Å²) < 4.78 is 1.12. The van der Waals surface area contributed by atoms with Crippen LogP contribution in [0.2, 0.25) is 0 Å². The van der Waals surface area contributed by atoms with Crippen molar-refractivity contribution in [1.82, 2.24) is 0 Å². The number of fused-ring (bicyclic) bond motifs is 6. The van der Waals surface area contributed by atoms with Crippen molar-refractivity contribution in [3.8, 4) is 11.1 Å². The number of thioether (sulfide) groups is 1. The van der Waals surface area contributed by atoms with E-state index in [9.17, 15) is 0 Å². The SMILES string of the molecule is BrC1=[C-]C2C(=Cc3ccccc32)S1.[Cl][Zr][Cl].[SH-].[c-]1cccc2c1-c1ccccc1C2. The molecule has 1 unspecified atom stereocenters. The van der Waals surface area contributed by atoms with Crippen LogP contribution in [0.3, 0.4) is 0 Å². The summed E-state index contributed by atoms with van der Waals surface area (Å²) >= 11 is 4.42. The fourth-order valence-electron chi connectivity index (χ4n) is 3.77. The van der Waals surface area contributed by atoms with Gasteiger partial charge < -0.3 is 19.6 Å². The molecule has 3 aromatic carbocycles. The maximum atomic E-state index is 4.93. The Balaban J connectivity index is 0.000000147. The van der Waals surface area contributed by atoms with E-state index in [-0.39, 0.29) is 13.5 Å². The molecule has 30 heavy (non-hydrogen) atoms. The summed E-state index contributed by atoms with van der Waals surface area (Å²) in [5.74, 6) is 0.399. The van der Waals surface area contributed by atoms with Gasteiger partial charge in [-0.25, -0.2) is 0 Å². The van der Waals surface area contributed by atoms with Gasteiger partial charge in [-0.15, -0.1) is 56.9 Å². The molecule has 0 saturated carbocycles. The predicted molar refractivity (Wildman–Crippen MR) is 134 cm³/mol. The Labute approximate surface area is 216 Å². The van der Waals surface area contributed by atoms with Gasteiger partial charge in [0.1, 0.15) is 0 Å². The molecule has 0 N–H and O–H groups in total. The van der Waals surface area contributed by atoms with Crippen LogP contribution in [0, 0.1) is 12.1 Å². The van der Waals surface area contributed by atoms with Gasteiger partial charge in [-0.1, -0.05) is 81.2 Å². The first kappa shape index (κ1) is 24.4. The molecule has 6 heteroatoms. The van der Waals surface area contributed by atoms with Crippen LogP contribution in [0.15, 0.2) is 75.4 Å². The van der Waals surface area contributed by atoms with Crippen molar-refractivity contribution in [2.24, 2.45) is 0 Å². The fourth-order valence-corrected chi connectivity index (χ4v) is 5.44. The van der Waals surface area contributed by atoms with Crippen LogP contribution in [0.5, 0.6) is 0 Å². The summed E-state index contributed by atoms with van der Waals surface area (Å²) in [6.45, 7) is 0. The Morgan fingerprint density at radius 1 is 0.967 bits per heavy atom. The summed E-state index contributed by atoms with van der Waals surface area (Å²) in [6, 6.07) is 26.6. The molecule has 2 aliphatic carbocycles. The number of halogens is 3. The fraction of sp³-hybridized carbons (Fsp3) is 0.0833. The van der Waals surface area contributed by atoms with Crippen molar-refractivity contribution in [2.75, 3.05) is 0 Å². The van der Waals surface area contributed by atoms with Gasteiger partial charge in [0.2, 0.25) is 0 Å². The Bertz CT molecular complexity index is 1050. The molecular weight excluding hydrogens is 594 g/mol. The monoisotopic (exact) mass is 607 g/mol. The van der Waals surface area contributed by atoms with E-state index in [2.05, 4.69) is 94.8 Å². The first-order valence-electron chi connectivity index (χ1n) is 9.02. The van der Waals surface area contributed by atoms with Crippen LogP contribution in [-0.2, 0) is 40.8 Å². The van der Waals surface area contributed by atoms with E-state index in [1.165, 1.54) is 38.3 Å². The summed E-state index contributed by atoms with van der Waals surface area (Å²) in [7, 11) is 9.87. The molecule has 0 bridgehead atoms. The van der Waals surface area contributed by atoms with Gasteiger partial charge in [-0.2, -0.15) is 0 Å². The molecule has 1 heterocycles. The van der Waals surface area contributed by atoms with E-state index in [0.29, 0.717) is 5.92 Å². The van der Waals surface area contributed by atoms with Crippen molar-refractivity contribution in [3.63, 3.8) is 0 Å². The first-order chi connectivity index (χ1) is 14.2. The van der Waals surface area contributed by atoms with Crippen LogP contribution < -0.4 is 0 Å². The van der Waals surface area contributed by atoms with Crippen molar-refractivity contribution < 1.29 is 20.8 Å². The second kappa shape index (κ2) is 11.6. The summed E-state index contributed by atoms with van der Waals surface area (Å²) in [4.78, 5) is 1.40. The molecule has 0 spiro atoms. The van der Waals surface area contributed by atoms with Crippen LogP contribution in [0.4, 0.5) is 0 Å². The van der Waals surface area contributed by atoms with E-state index in [4.69, 9.17) is 17.0 Å². The summed E-state index contributed by atoms with van der Waals surface area (Å²) in [6.07, 6.45) is 6.73. The largest absolute Gasteiger partial charge is 0.813 e. The molecule has 0 saturated heterocycles. The number of allylic oxidation sites excluding steroid dienone is 2. The van der Waals surface area contributed by atoms with Crippen LogP contribution in [-0.4, -0.2) is 0 Å². The summed E-state index contributed by atoms with van der Waals surface area (Å²) in [5, 5.41) is 0. The van der Waals surface area contributed by atoms with E-state index >= 15 is 0 Å². The molecule has 0 nitrogen and oxygen atoms in total. The third-order valence-corrected chi connectivity index (χ3v) is 6.57. The van der Waals surface area contributed by atoms with E-state index in [0.717, 1.165) is 10.2 Å². The Morgan fingerprint density at radius 3 is 2.50 bits per heavy atom. The normalized spacial score (nSPS) is 16.0. The zero-order chi connectivity index (χ0) is 20.2. The quantitative estimate of drug-likeness (QED) is 0.112. The Hall–Kier alpha value is -0.217. The molecular formula is C24H16BrCl2S2Zr-3. The minimum absolute atomic E-state index is 0. The zero-order valence-electron chi connectivity index (χ0n) is 15.7. The zero-order valence-corrected chi connectivity index (χ0v) is 23.0. The first-order valence-corrected chi connectivity index (χ1v) is 17.0. The van der Waals surface area contributed by atoms with E-state index in [1.807, 2.05) is 6.07 Å². The van der Waals surface area contributed by atoms with Crippen molar-refractivity contribution in [1.29, 1.82) is 0 Å². The molecule has 0 amide bonds. The average Bonchev–Trinajstić information content (AvgIpc) is 3.39. The average molecular weight is 611 g/mol. The molecule has 1 atom stereocenters. The van der Waals surface area contributed by atoms with Gasteiger partial charge in [-0.3, -0.25) is 0 Å². The van der Waals surface area contributed by atoms with Crippen LogP contribution >= 0.6 is 44.7 Å². The maximum Gasteiger partial charge on any atom is -0.0454 e. The third kappa shape index (κ3) is 5.39. The predicted octanol–water partition coefficient (Wildman–Crippen LogP) is 8.08. The number of hydrogen-bond donors (Lipinski definition) is 0. The van der Waals surface area contributed by atoms with Crippen molar-refractivity contribution in [2.45, 2.75) is 12.3 Å². The molecule has 0 radical (unpaired) electrons. The van der Waals surface area contributed by atoms with Gasteiger partial charge >= 0.3 is 37.9 Å². The van der Waals surface area contributed by atoms with Gasteiger partial charge in [0.15, 0.2) is 0 Å². The minimum Gasteiger partial charge on any atom is -0.813 e. The molecule has 152 valence electrons. The van der Waals surface area contributed by atoms with Gasteiger partial charge in [0, 0.05) is 0 Å².